The van der Waals surface area contributed by atoms with Crippen molar-refractivity contribution in [1.29, 1.82) is 0 Å². The molecule has 2 aromatic rings. The van der Waals surface area contributed by atoms with E-state index < -0.39 is 0 Å². The van der Waals surface area contributed by atoms with Gasteiger partial charge in [0, 0.05) is 6.20 Å². The standard InChI is InChI=1S/C17H19N3OS/c1-13(2)15-8-6-14(7-9-15)11-19-20-16(21)12-22-17-5-3-4-10-18-17/h3-11,13H,12H2,1-2H3,(H,20,21)/b19-11+. The van der Waals surface area contributed by atoms with Gasteiger partial charge in [0.1, 0.15) is 0 Å². The minimum absolute atomic E-state index is 0.147. The smallest absolute Gasteiger partial charge is 0.250 e. The molecule has 5 heteroatoms. The third-order valence-corrected chi connectivity index (χ3v) is 3.94. The van der Waals surface area contributed by atoms with Crippen LogP contribution in [0, 0.1) is 0 Å². The van der Waals surface area contributed by atoms with Gasteiger partial charge in [-0.3, -0.25) is 4.79 Å². The summed E-state index contributed by atoms with van der Waals surface area (Å²) in [4.78, 5) is 15.8. The molecule has 0 bridgehead atoms. The fraction of sp³-hybridized carbons (Fsp3) is 0.235. The molecule has 0 aliphatic rings. The minimum atomic E-state index is -0.147. The van der Waals surface area contributed by atoms with Crippen LogP contribution in [-0.4, -0.2) is 22.9 Å². The number of benzene rings is 1. The number of pyridine rings is 1. The molecule has 1 N–H and O–H groups in total. The highest BCUT2D eigenvalue weighted by Gasteiger charge is 2.02. The number of aromatic nitrogens is 1. The van der Waals surface area contributed by atoms with Crippen molar-refractivity contribution < 1.29 is 4.79 Å². The van der Waals surface area contributed by atoms with E-state index in [1.807, 2.05) is 30.3 Å². The third kappa shape index (κ3) is 5.33. The van der Waals surface area contributed by atoms with Crippen molar-refractivity contribution in [3.63, 3.8) is 0 Å². The molecule has 0 spiro atoms. The molecule has 1 aromatic heterocycles. The number of carbonyl (C=O) groups excluding carboxylic acids is 1. The van der Waals surface area contributed by atoms with Crippen LogP contribution in [0.3, 0.4) is 0 Å². The number of thioether (sulfide) groups is 1. The maximum Gasteiger partial charge on any atom is 0.250 e. The number of rotatable bonds is 6. The van der Waals surface area contributed by atoms with Crippen LogP contribution in [0.15, 0.2) is 58.8 Å². The number of nitrogens with one attached hydrogen (secondary N) is 1. The van der Waals surface area contributed by atoms with Crippen molar-refractivity contribution in [1.82, 2.24) is 10.4 Å². The molecule has 22 heavy (non-hydrogen) atoms. The Morgan fingerprint density at radius 2 is 2.05 bits per heavy atom. The van der Waals surface area contributed by atoms with Gasteiger partial charge in [0.05, 0.1) is 17.0 Å². The number of hydrogen-bond donors (Lipinski definition) is 1. The molecule has 0 radical (unpaired) electrons. The van der Waals surface area contributed by atoms with E-state index in [1.54, 1.807) is 12.4 Å². The fourth-order valence-corrected chi connectivity index (χ4v) is 2.40. The van der Waals surface area contributed by atoms with E-state index >= 15 is 0 Å². The highest BCUT2D eigenvalue weighted by molar-refractivity contribution is 7.99. The molecule has 4 nitrogen and oxygen atoms in total. The molecular weight excluding hydrogens is 294 g/mol. The summed E-state index contributed by atoms with van der Waals surface area (Å²) in [6.07, 6.45) is 3.35. The average Bonchev–Trinajstić information content (AvgIpc) is 2.54. The molecule has 0 aliphatic carbocycles. The van der Waals surface area contributed by atoms with Crippen LogP contribution in [0.1, 0.15) is 30.9 Å². The molecule has 2 rings (SSSR count). The Balaban J connectivity index is 1.78. The van der Waals surface area contributed by atoms with Gasteiger partial charge in [-0.05, 0) is 29.2 Å². The highest BCUT2D eigenvalue weighted by Crippen LogP contribution is 2.14. The van der Waals surface area contributed by atoms with Crippen molar-refractivity contribution in [2.45, 2.75) is 24.8 Å². The van der Waals surface area contributed by atoms with Crippen molar-refractivity contribution in [3.8, 4) is 0 Å². The zero-order chi connectivity index (χ0) is 15.8. The lowest BCUT2D eigenvalue weighted by atomic mass is 10.0. The van der Waals surface area contributed by atoms with Crippen LogP contribution in [0.25, 0.3) is 0 Å². The second-order valence-electron chi connectivity index (χ2n) is 5.07. The predicted octanol–water partition coefficient (Wildman–Crippen LogP) is 3.45. The maximum atomic E-state index is 11.7. The van der Waals surface area contributed by atoms with Gasteiger partial charge in [-0.2, -0.15) is 5.10 Å². The lowest BCUT2D eigenvalue weighted by molar-refractivity contribution is -0.118. The first-order valence-corrected chi connectivity index (χ1v) is 8.09. The van der Waals surface area contributed by atoms with Gasteiger partial charge in [0.25, 0.3) is 0 Å². The summed E-state index contributed by atoms with van der Waals surface area (Å²) >= 11 is 1.38. The molecule has 0 atom stereocenters. The van der Waals surface area contributed by atoms with Gasteiger partial charge in [-0.25, -0.2) is 10.4 Å². The zero-order valence-corrected chi connectivity index (χ0v) is 13.5. The zero-order valence-electron chi connectivity index (χ0n) is 12.7. The summed E-state index contributed by atoms with van der Waals surface area (Å²) in [5, 5.41) is 4.79. The number of nitrogens with zero attached hydrogens (tertiary/aromatic N) is 2. The molecule has 1 amide bonds. The number of hydrogen-bond acceptors (Lipinski definition) is 4. The van der Waals surface area contributed by atoms with Crippen LogP contribution in [0.4, 0.5) is 0 Å². The molecule has 114 valence electrons. The second-order valence-corrected chi connectivity index (χ2v) is 6.07. The number of hydrazone groups is 1. The van der Waals surface area contributed by atoms with E-state index in [2.05, 4.69) is 41.5 Å². The van der Waals surface area contributed by atoms with Crippen LogP contribution < -0.4 is 5.43 Å². The van der Waals surface area contributed by atoms with Gasteiger partial charge in [0.2, 0.25) is 5.91 Å². The SMILES string of the molecule is CC(C)c1ccc(/C=N/NC(=O)CSc2ccccn2)cc1. The molecule has 0 aliphatic heterocycles. The van der Waals surface area contributed by atoms with E-state index in [0.717, 1.165) is 10.6 Å². The van der Waals surface area contributed by atoms with E-state index in [1.165, 1.54) is 17.3 Å². The number of amides is 1. The Kier molecular flexibility index (Phi) is 6.15. The first-order chi connectivity index (χ1) is 10.6. The normalized spacial score (nSPS) is 11.0. The van der Waals surface area contributed by atoms with Crippen LogP contribution in [0.5, 0.6) is 0 Å². The molecule has 1 heterocycles. The van der Waals surface area contributed by atoms with E-state index in [0.29, 0.717) is 11.7 Å². The van der Waals surface area contributed by atoms with E-state index in [-0.39, 0.29) is 5.91 Å². The summed E-state index contributed by atoms with van der Waals surface area (Å²) in [6, 6.07) is 13.7. The minimum Gasteiger partial charge on any atom is -0.272 e. The van der Waals surface area contributed by atoms with Gasteiger partial charge >= 0.3 is 0 Å². The Morgan fingerprint density at radius 3 is 2.68 bits per heavy atom. The van der Waals surface area contributed by atoms with Crippen molar-refractivity contribution in [2.24, 2.45) is 5.10 Å². The maximum absolute atomic E-state index is 11.7. The molecule has 1 aromatic carbocycles. The first kappa shape index (κ1) is 16.2. The first-order valence-electron chi connectivity index (χ1n) is 7.11. The Morgan fingerprint density at radius 1 is 1.27 bits per heavy atom. The van der Waals surface area contributed by atoms with E-state index in [4.69, 9.17) is 0 Å². The van der Waals surface area contributed by atoms with E-state index in [9.17, 15) is 4.79 Å². The predicted molar refractivity (Wildman–Crippen MR) is 91.2 cm³/mol. The Bertz CT molecular complexity index is 624. The summed E-state index contributed by atoms with van der Waals surface area (Å²) in [6.45, 7) is 4.31. The van der Waals surface area contributed by atoms with Gasteiger partial charge in [-0.15, -0.1) is 0 Å². The van der Waals surface area contributed by atoms with Crippen molar-refractivity contribution >= 4 is 23.9 Å². The Labute approximate surface area is 135 Å². The van der Waals surface area contributed by atoms with Gasteiger partial charge < -0.3 is 0 Å². The van der Waals surface area contributed by atoms with Crippen LogP contribution in [-0.2, 0) is 4.79 Å². The second kappa shape index (κ2) is 8.34. The summed E-state index contributed by atoms with van der Waals surface area (Å²) in [5.41, 5.74) is 4.77. The largest absolute Gasteiger partial charge is 0.272 e. The molecular formula is C17H19N3OS. The number of carbonyl (C=O) groups is 1. The summed E-state index contributed by atoms with van der Waals surface area (Å²) in [7, 11) is 0. The molecule has 0 saturated carbocycles. The highest BCUT2D eigenvalue weighted by atomic mass is 32.2. The lowest BCUT2D eigenvalue weighted by Crippen LogP contribution is -2.19. The topological polar surface area (TPSA) is 54.4 Å². The molecule has 0 unspecified atom stereocenters. The lowest BCUT2D eigenvalue weighted by Gasteiger charge is -2.04. The average molecular weight is 313 g/mol. The fourth-order valence-electron chi connectivity index (χ4n) is 1.75. The quantitative estimate of drug-likeness (QED) is 0.505. The summed E-state index contributed by atoms with van der Waals surface area (Å²) < 4.78 is 0. The summed E-state index contributed by atoms with van der Waals surface area (Å²) in [5.74, 6) is 0.653. The van der Waals surface area contributed by atoms with Crippen molar-refractivity contribution in [2.75, 3.05) is 5.75 Å². The van der Waals surface area contributed by atoms with Crippen LogP contribution >= 0.6 is 11.8 Å². The van der Waals surface area contributed by atoms with Crippen molar-refractivity contribution in [3.05, 3.63) is 59.8 Å². The monoisotopic (exact) mass is 313 g/mol. The van der Waals surface area contributed by atoms with Gasteiger partial charge in [-0.1, -0.05) is 55.9 Å². The molecule has 0 fully saturated rings. The Hall–Kier alpha value is -2.14. The third-order valence-electron chi connectivity index (χ3n) is 2.99. The van der Waals surface area contributed by atoms with Crippen LogP contribution in [0.2, 0.25) is 0 Å². The molecule has 0 saturated heterocycles. The van der Waals surface area contributed by atoms with Gasteiger partial charge in [0.15, 0.2) is 0 Å².